The van der Waals surface area contributed by atoms with Gasteiger partial charge in [-0.3, -0.25) is 4.98 Å². The molecule has 0 aliphatic heterocycles. The number of benzene rings is 1. The number of nitrogens with one attached hydrogen (secondary N) is 2. The number of ether oxygens (including phenoxy) is 1. The number of hydrogen-bond donors (Lipinski definition) is 3. The summed E-state index contributed by atoms with van der Waals surface area (Å²) >= 11 is 0. The number of H-pyrrole nitrogens is 2. The molecule has 0 saturated heterocycles. The van der Waals surface area contributed by atoms with Crippen LogP contribution in [0.5, 0.6) is 5.75 Å². The van der Waals surface area contributed by atoms with Crippen LogP contribution < -0.4 is 10.4 Å². The number of hydrogen-bond acceptors (Lipinski definition) is 4. The SMILES string of the molecule is O=C(O)COc1ccc2nc3[nH]c(=O)[nH]c3cc2c1. The second-order valence-corrected chi connectivity index (χ2v) is 4.00. The van der Waals surface area contributed by atoms with E-state index in [-0.39, 0.29) is 5.69 Å². The fourth-order valence-corrected chi connectivity index (χ4v) is 1.84. The van der Waals surface area contributed by atoms with Crippen LogP contribution in [0.3, 0.4) is 0 Å². The Labute approximate surface area is 105 Å². The first kappa shape index (κ1) is 11.3. The second kappa shape index (κ2) is 4.13. The van der Waals surface area contributed by atoms with Crippen molar-refractivity contribution in [2.75, 3.05) is 6.61 Å². The first-order valence-electron chi connectivity index (χ1n) is 5.49. The van der Waals surface area contributed by atoms with Gasteiger partial charge in [0.2, 0.25) is 0 Å². The largest absolute Gasteiger partial charge is 0.482 e. The van der Waals surface area contributed by atoms with Gasteiger partial charge in [0.15, 0.2) is 12.3 Å². The molecule has 0 bridgehead atoms. The summed E-state index contributed by atoms with van der Waals surface area (Å²) in [5.41, 5.74) is 1.44. The number of pyridine rings is 1. The molecule has 0 amide bonds. The summed E-state index contributed by atoms with van der Waals surface area (Å²) < 4.78 is 5.09. The van der Waals surface area contributed by atoms with Gasteiger partial charge < -0.3 is 14.8 Å². The third-order valence-electron chi connectivity index (χ3n) is 2.63. The van der Waals surface area contributed by atoms with Crippen molar-refractivity contribution in [3.63, 3.8) is 0 Å². The molecule has 1 aromatic carbocycles. The number of aromatic amines is 2. The summed E-state index contributed by atoms with van der Waals surface area (Å²) in [6.45, 7) is -0.401. The van der Waals surface area contributed by atoms with Crippen LogP contribution in [0.25, 0.3) is 22.1 Å². The Hall–Kier alpha value is -2.83. The zero-order valence-electron chi connectivity index (χ0n) is 9.64. The smallest absolute Gasteiger partial charge is 0.341 e. The lowest BCUT2D eigenvalue weighted by atomic mass is 10.2. The average molecular weight is 259 g/mol. The van der Waals surface area contributed by atoms with Crippen LogP contribution in [0.15, 0.2) is 29.1 Å². The number of imidazole rings is 1. The van der Waals surface area contributed by atoms with Gasteiger partial charge >= 0.3 is 11.7 Å². The molecule has 0 saturated carbocycles. The molecule has 7 nitrogen and oxygen atoms in total. The first-order valence-corrected chi connectivity index (χ1v) is 5.49. The van der Waals surface area contributed by atoms with Crippen molar-refractivity contribution in [3.8, 4) is 5.75 Å². The number of fused-ring (bicyclic) bond motifs is 2. The molecule has 2 heterocycles. The maximum absolute atomic E-state index is 11.2. The Morgan fingerprint density at radius 1 is 1.32 bits per heavy atom. The van der Waals surface area contributed by atoms with Crippen molar-refractivity contribution < 1.29 is 14.6 Å². The van der Waals surface area contributed by atoms with E-state index in [2.05, 4.69) is 15.0 Å². The molecule has 0 spiro atoms. The lowest BCUT2D eigenvalue weighted by Crippen LogP contribution is -2.09. The highest BCUT2D eigenvalue weighted by Crippen LogP contribution is 2.21. The highest BCUT2D eigenvalue weighted by atomic mass is 16.5. The van der Waals surface area contributed by atoms with Crippen molar-refractivity contribution in [1.29, 1.82) is 0 Å². The van der Waals surface area contributed by atoms with Crippen molar-refractivity contribution in [2.45, 2.75) is 0 Å². The van der Waals surface area contributed by atoms with E-state index in [1.54, 1.807) is 24.3 Å². The predicted octanol–water partition coefficient (Wildman–Crippen LogP) is 0.868. The third kappa shape index (κ3) is 2.13. The number of carboxylic acid groups (broad SMARTS) is 1. The monoisotopic (exact) mass is 259 g/mol. The minimum absolute atomic E-state index is 0.319. The Morgan fingerprint density at radius 3 is 2.95 bits per heavy atom. The summed E-state index contributed by atoms with van der Waals surface area (Å²) in [6.07, 6.45) is 0. The second-order valence-electron chi connectivity index (χ2n) is 4.00. The lowest BCUT2D eigenvalue weighted by molar-refractivity contribution is -0.139. The Kier molecular flexibility index (Phi) is 2.45. The quantitative estimate of drug-likeness (QED) is 0.646. The Morgan fingerprint density at radius 2 is 2.16 bits per heavy atom. The summed E-state index contributed by atoms with van der Waals surface area (Å²) in [4.78, 5) is 31.1. The highest BCUT2D eigenvalue weighted by Gasteiger charge is 2.05. The van der Waals surface area contributed by atoms with Gasteiger partial charge in [0.1, 0.15) is 5.75 Å². The molecule has 0 atom stereocenters. The van der Waals surface area contributed by atoms with E-state index in [9.17, 15) is 9.59 Å². The standard InChI is InChI=1S/C12H9N3O4/c16-10(17)5-19-7-1-2-8-6(3-7)4-9-11(13-8)15-12(18)14-9/h1-4H,5H2,(H,16,17)(H2,13,14,15,18). The van der Waals surface area contributed by atoms with Crippen LogP contribution in [0.1, 0.15) is 0 Å². The number of aliphatic carboxylic acids is 1. The predicted molar refractivity (Wildman–Crippen MR) is 67.4 cm³/mol. The van der Waals surface area contributed by atoms with E-state index in [4.69, 9.17) is 9.84 Å². The average Bonchev–Trinajstić information content (AvgIpc) is 2.72. The maximum Gasteiger partial charge on any atom is 0.341 e. The molecule has 19 heavy (non-hydrogen) atoms. The van der Waals surface area contributed by atoms with Gasteiger partial charge in [-0.05, 0) is 24.3 Å². The van der Waals surface area contributed by atoms with Crippen molar-refractivity contribution in [2.24, 2.45) is 0 Å². The topological polar surface area (TPSA) is 108 Å². The van der Waals surface area contributed by atoms with Crippen LogP contribution >= 0.6 is 0 Å². The van der Waals surface area contributed by atoms with Crippen molar-refractivity contribution >= 4 is 28.0 Å². The summed E-state index contributed by atoms with van der Waals surface area (Å²) in [6, 6.07) is 6.77. The zero-order valence-corrected chi connectivity index (χ0v) is 9.64. The summed E-state index contributed by atoms with van der Waals surface area (Å²) in [5.74, 6) is -0.599. The fraction of sp³-hybridized carbons (Fsp3) is 0.0833. The normalized spacial score (nSPS) is 10.9. The molecule has 0 radical (unpaired) electrons. The molecule has 3 N–H and O–H groups in total. The highest BCUT2D eigenvalue weighted by molar-refractivity contribution is 5.90. The van der Waals surface area contributed by atoms with Gasteiger partial charge in [-0.2, -0.15) is 0 Å². The molecular weight excluding hydrogens is 250 g/mol. The van der Waals surface area contributed by atoms with Gasteiger partial charge in [0, 0.05) is 5.39 Å². The molecule has 0 fully saturated rings. The van der Waals surface area contributed by atoms with E-state index >= 15 is 0 Å². The number of carboxylic acids is 1. The molecule has 0 aliphatic rings. The number of rotatable bonds is 3. The van der Waals surface area contributed by atoms with Crippen LogP contribution in [0.4, 0.5) is 0 Å². The van der Waals surface area contributed by atoms with E-state index in [1.165, 1.54) is 0 Å². The number of carbonyl (C=O) groups is 1. The van der Waals surface area contributed by atoms with E-state index in [1.807, 2.05) is 0 Å². The Bertz CT molecular complexity index is 834. The molecule has 7 heteroatoms. The van der Waals surface area contributed by atoms with Gasteiger partial charge in [0.05, 0.1) is 11.0 Å². The lowest BCUT2D eigenvalue weighted by Gasteiger charge is -2.04. The molecular formula is C12H9N3O4. The zero-order chi connectivity index (χ0) is 13.4. The minimum atomic E-state index is -1.04. The molecule has 3 aromatic rings. The molecule has 2 aromatic heterocycles. The minimum Gasteiger partial charge on any atom is -0.482 e. The van der Waals surface area contributed by atoms with E-state index in [0.717, 1.165) is 5.39 Å². The van der Waals surface area contributed by atoms with Gasteiger partial charge in [0.25, 0.3) is 0 Å². The van der Waals surface area contributed by atoms with Crippen LogP contribution in [0, 0.1) is 0 Å². The third-order valence-corrected chi connectivity index (χ3v) is 2.63. The Balaban J connectivity index is 2.08. The van der Waals surface area contributed by atoms with Crippen molar-refractivity contribution in [1.82, 2.24) is 15.0 Å². The summed E-state index contributed by atoms with van der Waals surface area (Å²) in [7, 11) is 0. The molecule has 0 unspecified atom stereocenters. The molecule has 96 valence electrons. The van der Waals surface area contributed by atoms with Gasteiger partial charge in [-0.15, -0.1) is 0 Å². The van der Waals surface area contributed by atoms with E-state index < -0.39 is 12.6 Å². The fourth-order valence-electron chi connectivity index (χ4n) is 1.84. The van der Waals surface area contributed by atoms with Gasteiger partial charge in [-0.1, -0.05) is 0 Å². The molecule has 3 rings (SSSR count). The first-order chi connectivity index (χ1) is 9.11. The number of nitrogens with zero attached hydrogens (tertiary/aromatic N) is 1. The van der Waals surface area contributed by atoms with Gasteiger partial charge in [-0.25, -0.2) is 14.6 Å². The van der Waals surface area contributed by atoms with Crippen LogP contribution in [-0.4, -0.2) is 32.6 Å². The maximum atomic E-state index is 11.2. The number of aromatic nitrogens is 3. The molecule has 0 aliphatic carbocycles. The summed E-state index contributed by atoms with van der Waals surface area (Å²) in [5, 5.41) is 9.31. The van der Waals surface area contributed by atoms with Crippen LogP contribution in [0.2, 0.25) is 0 Å². The van der Waals surface area contributed by atoms with Crippen LogP contribution in [-0.2, 0) is 4.79 Å². The van der Waals surface area contributed by atoms with Crippen molar-refractivity contribution in [3.05, 3.63) is 34.7 Å². The van der Waals surface area contributed by atoms with E-state index in [0.29, 0.717) is 22.4 Å².